The van der Waals surface area contributed by atoms with Crippen LogP contribution in [0.4, 0.5) is 13.2 Å². The Labute approximate surface area is 139 Å². The zero-order chi connectivity index (χ0) is 18.1. The van der Waals surface area contributed by atoms with Crippen molar-refractivity contribution in [3.8, 4) is 0 Å². The molecule has 1 aromatic carbocycles. The van der Waals surface area contributed by atoms with Gasteiger partial charge in [-0.15, -0.1) is 0 Å². The largest absolute Gasteiger partial charge is 0.438 e. The Morgan fingerprint density at radius 2 is 1.92 bits per heavy atom. The van der Waals surface area contributed by atoms with Crippen LogP contribution in [0.25, 0.3) is 0 Å². The van der Waals surface area contributed by atoms with Gasteiger partial charge in [-0.25, -0.2) is 0 Å². The second kappa shape index (κ2) is 6.55. The maximum Gasteiger partial charge on any atom is 0.438 e. The van der Waals surface area contributed by atoms with Crippen molar-refractivity contribution < 1.29 is 23.1 Å². The number of hydrogen-bond donors (Lipinski definition) is 1. The molecule has 0 saturated carbocycles. The summed E-state index contributed by atoms with van der Waals surface area (Å²) in [5.41, 5.74) is -1.53. The first-order valence-corrected chi connectivity index (χ1v) is 7.77. The third kappa shape index (κ3) is 3.77. The predicted octanol–water partition coefficient (Wildman–Crippen LogP) is 3.42. The smallest absolute Gasteiger partial charge is 0.362 e. The molecule has 0 saturated heterocycles. The molecule has 0 bridgehead atoms. The lowest BCUT2D eigenvalue weighted by molar-refractivity contribution is -0.302. The number of nitrogens with zero attached hydrogens (tertiary/aromatic N) is 2. The van der Waals surface area contributed by atoms with Gasteiger partial charge in [0.15, 0.2) is 0 Å². The van der Waals surface area contributed by atoms with Crippen molar-refractivity contribution in [3.63, 3.8) is 0 Å². The minimum absolute atomic E-state index is 0.0772. The zero-order valence-corrected chi connectivity index (χ0v) is 13.9. The van der Waals surface area contributed by atoms with Gasteiger partial charge in [0, 0.05) is 12.1 Å². The van der Waals surface area contributed by atoms with Crippen LogP contribution in [0.1, 0.15) is 37.8 Å². The SMILES string of the molecule is Cc1ccc(CC(=O)N2N=C(CC(C)C)C[C@]2(O)C(F)(F)F)cc1. The van der Waals surface area contributed by atoms with Crippen molar-refractivity contribution in [2.75, 3.05) is 0 Å². The minimum Gasteiger partial charge on any atom is -0.362 e. The first-order chi connectivity index (χ1) is 11.0. The van der Waals surface area contributed by atoms with Crippen molar-refractivity contribution in [3.05, 3.63) is 35.4 Å². The molecule has 0 unspecified atom stereocenters. The lowest BCUT2D eigenvalue weighted by Crippen LogP contribution is -2.57. The average Bonchev–Trinajstić information content (AvgIpc) is 2.78. The summed E-state index contributed by atoms with van der Waals surface area (Å²) in [5.74, 6) is -0.800. The Hall–Kier alpha value is -1.89. The molecule has 1 atom stereocenters. The van der Waals surface area contributed by atoms with Crippen LogP contribution < -0.4 is 0 Å². The van der Waals surface area contributed by atoms with Gasteiger partial charge in [0.1, 0.15) is 0 Å². The summed E-state index contributed by atoms with van der Waals surface area (Å²) in [6.07, 6.45) is -5.63. The molecular weight excluding hydrogens is 321 g/mol. The fourth-order valence-corrected chi connectivity index (χ4v) is 2.64. The maximum atomic E-state index is 13.3. The van der Waals surface area contributed by atoms with Crippen molar-refractivity contribution >= 4 is 11.6 Å². The van der Waals surface area contributed by atoms with Gasteiger partial charge >= 0.3 is 6.18 Å². The molecule has 132 valence electrons. The Morgan fingerprint density at radius 1 is 1.33 bits per heavy atom. The molecular formula is C17H21F3N2O2. The van der Waals surface area contributed by atoms with Crippen LogP contribution in [-0.2, 0) is 11.2 Å². The first kappa shape index (κ1) is 18.4. The summed E-state index contributed by atoms with van der Waals surface area (Å²) in [7, 11) is 0. The summed E-state index contributed by atoms with van der Waals surface area (Å²) >= 11 is 0. The quantitative estimate of drug-likeness (QED) is 0.911. The highest BCUT2D eigenvalue weighted by molar-refractivity contribution is 5.91. The monoisotopic (exact) mass is 342 g/mol. The molecule has 0 fully saturated rings. The Kier molecular flexibility index (Phi) is 5.03. The van der Waals surface area contributed by atoms with Crippen LogP contribution in [0.3, 0.4) is 0 Å². The predicted molar refractivity (Wildman–Crippen MR) is 84.2 cm³/mol. The zero-order valence-electron chi connectivity index (χ0n) is 13.9. The molecule has 1 aliphatic heterocycles. The van der Waals surface area contributed by atoms with E-state index in [1.165, 1.54) is 0 Å². The van der Waals surface area contributed by atoms with Crippen molar-refractivity contribution in [1.82, 2.24) is 5.01 Å². The number of amides is 1. The molecule has 4 nitrogen and oxygen atoms in total. The highest BCUT2D eigenvalue weighted by atomic mass is 19.4. The maximum absolute atomic E-state index is 13.3. The number of hydrazone groups is 1. The van der Waals surface area contributed by atoms with E-state index in [9.17, 15) is 23.1 Å². The summed E-state index contributed by atoms with van der Waals surface area (Å²) in [6.45, 7) is 5.55. The van der Waals surface area contributed by atoms with E-state index in [-0.39, 0.29) is 23.1 Å². The standard InChI is InChI=1S/C17H21F3N2O2/c1-11(2)8-14-10-16(24,17(18,19)20)22(21-14)15(23)9-13-6-4-12(3)5-7-13/h4-7,11,24H,8-10H2,1-3H3/t16-/m0/s1. The number of benzene rings is 1. The van der Waals surface area contributed by atoms with E-state index in [1.807, 2.05) is 20.8 Å². The Bertz CT molecular complexity index is 638. The van der Waals surface area contributed by atoms with E-state index >= 15 is 0 Å². The second-order valence-corrected chi connectivity index (χ2v) is 6.62. The van der Waals surface area contributed by atoms with Crippen LogP contribution >= 0.6 is 0 Å². The lowest BCUT2D eigenvalue weighted by atomic mass is 9.99. The number of halogens is 3. The van der Waals surface area contributed by atoms with Gasteiger partial charge in [0.2, 0.25) is 5.91 Å². The number of alkyl halides is 3. The highest BCUT2D eigenvalue weighted by Crippen LogP contribution is 2.41. The highest BCUT2D eigenvalue weighted by Gasteiger charge is 2.62. The number of aliphatic hydroxyl groups is 1. The van der Waals surface area contributed by atoms with Crippen molar-refractivity contribution in [2.24, 2.45) is 11.0 Å². The lowest BCUT2D eigenvalue weighted by Gasteiger charge is -2.32. The molecule has 1 amide bonds. The Morgan fingerprint density at radius 3 is 2.42 bits per heavy atom. The van der Waals surface area contributed by atoms with Gasteiger partial charge in [-0.3, -0.25) is 4.79 Å². The van der Waals surface area contributed by atoms with Gasteiger partial charge < -0.3 is 5.11 Å². The fraction of sp³-hybridized carbons (Fsp3) is 0.529. The fourth-order valence-electron chi connectivity index (χ4n) is 2.64. The molecule has 0 aromatic heterocycles. The summed E-state index contributed by atoms with van der Waals surface area (Å²) in [4.78, 5) is 12.4. The van der Waals surface area contributed by atoms with Crippen molar-refractivity contribution in [2.45, 2.75) is 51.9 Å². The van der Waals surface area contributed by atoms with Gasteiger partial charge in [0.05, 0.1) is 6.42 Å². The van der Waals surface area contributed by atoms with E-state index in [0.717, 1.165) is 5.56 Å². The third-order valence-electron chi connectivity index (χ3n) is 3.85. The minimum atomic E-state index is -4.97. The Balaban J connectivity index is 2.26. The van der Waals surface area contributed by atoms with Crippen LogP contribution in [0.5, 0.6) is 0 Å². The van der Waals surface area contributed by atoms with Crippen molar-refractivity contribution in [1.29, 1.82) is 0 Å². The molecule has 1 heterocycles. The van der Waals surface area contributed by atoms with Crippen LogP contribution in [0.2, 0.25) is 0 Å². The van der Waals surface area contributed by atoms with E-state index in [1.54, 1.807) is 24.3 Å². The van der Waals surface area contributed by atoms with E-state index in [2.05, 4.69) is 5.10 Å². The second-order valence-electron chi connectivity index (χ2n) is 6.62. The molecule has 1 N–H and O–H groups in total. The number of rotatable bonds is 4. The summed E-state index contributed by atoms with van der Waals surface area (Å²) in [5, 5.41) is 14.1. The molecule has 1 aromatic rings. The van der Waals surface area contributed by atoms with Gasteiger partial charge in [-0.1, -0.05) is 43.7 Å². The number of carbonyl (C=O) groups is 1. The molecule has 2 rings (SSSR count). The number of aryl methyl sites for hydroxylation is 1. The van der Waals surface area contributed by atoms with E-state index in [0.29, 0.717) is 12.0 Å². The molecule has 0 aliphatic carbocycles. The topological polar surface area (TPSA) is 52.9 Å². The number of carbonyl (C=O) groups excluding carboxylic acids is 1. The third-order valence-corrected chi connectivity index (χ3v) is 3.85. The van der Waals surface area contributed by atoms with E-state index in [4.69, 9.17) is 0 Å². The number of hydrogen-bond acceptors (Lipinski definition) is 3. The molecule has 0 radical (unpaired) electrons. The first-order valence-electron chi connectivity index (χ1n) is 7.77. The van der Waals surface area contributed by atoms with Gasteiger partial charge in [0.25, 0.3) is 5.72 Å². The molecule has 24 heavy (non-hydrogen) atoms. The summed E-state index contributed by atoms with van der Waals surface area (Å²) < 4.78 is 40.0. The molecule has 0 spiro atoms. The molecule has 1 aliphatic rings. The summed E-state index contributed by atoms with van der Waals surface area (Å²) in [6, 6.07) is 6.90. The van der Waals surface area contributed by atoms with Gasteiger partial charge in [-0.2, -0.15) is 23.3 Å². The van der Waals surface area contributed by atoms with Crippen LogP contribution in [-0.4, -0.2) is 33.6 Å². The van der Waals surface area contributed by atoms with Crippen LogP contribution in [0, 0.1) is 12.8 Å². The normalized spacial score (nSPS) is 21.3. The van der Waals surface area contributed by atoms with Gasteiger partial charge in [-0.05, 0) is 24.8 Å². The van der Waals surface area contributed by atoms with Crippen LogP contribution in [0.15, 0.2) is 29.4 Å². The van der Waals surface area contributed by atoms with E-state index < -0.39 is 24.2 Å². The molecule has 7 heteroatoms. The average molecular weight is 342 g/mol.